The molecule has 0 heterocycles. The summed E-state index contributed by atoms with van der Waals surface area (Å²) in [6.45, 7) is 0. The van der Waals surface area contributed by atoms with Crippen molar-refractivity contribution in [2.24, 2.45) is 0 Å². The number of benzene rings is 9. The predicted octanol–water partition coefficient (Wildman–Crippen LogP) is 16.9. The first-order valence-electron chi connectivity index (χ1n) is 21.8. The van der Waals surface area contributed by atoms with Crippen molar-refractivity contribution in [2.75, 3.05) is 9.80 Å². The van der Waals surface area contributed by atoms with Crippen LogP contribution in [0.4, 0.5) is 34.1 Å². The number of hydrogen-bond acceptors (Lipinski definition) is 2. The number of rotatable bonds is 14. The second kappa shape index (κ2) is 20.4. The summed E-state index contributed by atoms with van der Waals surface area (Å²) in [4.78, 5) is 4.65. The van der Waals surface area contributed by atoms with E-state index in [4.69, 9.17) is 0 Å². The summed E-state index contributed by atoms with van der Waals surface area (Å²) in [6, 6.07) is 89.8. The first-order chi connectivity index (χ1) is 31.8. The molecular weight excluding hydrogens is 773 g/mol. The van der Waals surface area contributed by atoms with Crippen LogP contribution in [0.3, 0.4) is 0 Å². The van der Waals surface area contributed by atoms with Crippen molar-refractivity contribution in [2.45, 2.75) is 0 Å². The van der Waals surface area contributed by atoms with Crippen molar-refractivity contribution in [1.82, 2.24) is 0 Å². The fourth-order valence-electron chi connectivity index (χ4n) is 7.99. The van der Waals surface area contributed by atoms with Gasteiger partial charge in [0.1, 0.15) is 0 Å². The minimum atomic E-state index is 1.06. The Labute approximate surface area is 378 Å². The lowest BCUT2D eigenvalue weighted by atomic mass is 9.97. The maximum Gasteiger partial charge on any atom is 0.0482 e. The van der Waals surface area contributed by atoms with Crippen LogP contribution in [-0.4, -0.2) is 0 Å². The first kappa shape index (κ1) is 40.9. The standard InChI is InChI=1S/C62H48N2/c1-7-24-51(25-8-1)61(52-26-9-2-10-27-52)38-19-22-49-40-44-57(45-41-49)63(55-32-15-5-16-33-55)59-36-21-37-60(48-59)64(56-34-17-6-18-35-56)58-46-42-50(43-47-58)23-20-39-62(53-28-11-3-12-29-53)54-30-13-4-14-31-54/h1-48H/b22-19+,23-20+. The van der Waals surface area contributed by atoms with E-state index in [2.05, 4.69) is 301 Å². The Morgan fingerprint density at radius 3 is 0.828 bits per heavy atom. The van der Waals surface area contributed by atoms with Gasteiger partial charge in [-0.05, 0) is 111 Å². The molecule has 0 aliphatic heterocycles. The lowest BCUT2D eigenvalue weighted by Crippen LogP contribution is -2.13. The number of hydrogen-bond donors (Lipinski definition) is 0. The van der Waals surface area contributed by atoms with Crippen LogP contribution < -0.4 is 9.80 Å². The van der Waals surface area contributed by atoms with E-state index < -0.39 is 0 Å². The number of allylic oxidation sites excluding steroid dienone is 4. The molecule has 0 aromatic heterocycles. The van der Waals surface area contributed by atoms with Gasteiger partial charge in [0.05, 0.1) is 0 Å². The SMILES string of the molecule is C(/C=C/c1ccc(N(c2ccccc2)c2cccc(N(c3ccccc3)c3ccc(/C=C/C=C(c4ccccc4)c4ccccc4)cc3)c2)cc1)=C(c1ccccc1)c1ccccc1. The minimum Gasteiger partial charge on any atom is -0.310 e. The van der Waals surface area contributed by atoms with Crippen molar-refractivity contribution < 1.29 is 0 Å². The molecule has 2 heteroatoms. The molecule has 0 aliphatic carbocycles. The average Bonchev–Trinajstić information content (AvgIpc) is 3.37. The van der Waals surface area contributed by atoms with E-state index >= 15 is 0 Å². The van der Waals surface area contributed by atoms with Gasteiger partial charge in [0, 0.05) is 34.1 Å². The van der Waals surface area contributed by atoms with Crippen LogP contribution in [0.1, 0.15) is 33.4 Å². The van der Waals surface area contributed by atoms with Crippen LogP contribution in [-0.2, 0) is 0 Å². The van der Waals surface area contributed by atoms with Gasteiger partial charge in [-0.1, -0.05) is 225 Å². The molecule has 9 aromatic rings. The van der Waals surface area contributed by atoms with Gasteiger partial charge in [0.15, 0.2) is 0 Å². The van der Waals surface area contributed by atoms with Gasteiger partial charge >= 0.3 is 0 Å². The highest BCUT2D eigenvalue weighted by molar-refractivity contribution is 5.85. The molecule has 2 nitrogen and oxygen atoms in total. The Hall–Kier alpha value is -8.46. The normalized spacial score (nSPS) is 11.0. The van der Waals surface area contributed by atoms with Crippen molar-refractivity contribution in [3.8, 4) is 0 Å². The molecule has 0 bridgehead atoms. The van der Waals surface area contributed by atoms with Crippen LogP contribution in [0.5, 0.6) is 0 Å². The highest BCUT2D eigenvalue weighted by Crippen LogP contribution is 2.40. The fourth-order valence-corrected chi connectivity index (χ4v) is 7.99. The predicted molar refractivity (Wildman–Crippen MR) is 274 cm³/mol. The van der Waals surface area contributed by atoms with E-state index in [-0.39, 0.29) is 0 Å². The molecular formula is C62H48N2. The second-order valence-electron chi connectivity index (χ2n) is 15.4. The minimum absolute atomic E-state index is 1.06. The molecule has 0 radical (unpaired) electrons. The Balaban J connectivity index is 1.01. The van der Waals surface area contributed by atoms with E-state index in [9.17, 15) is 0 Å². The zero-order valence-electron chi connectivity index (χ0n) is 35.6. The second-order valence-corrected chi connectivity index (χ2v) is 15.4. The molecule has 0 amide bonds. The molecule has 0 aliphatic rings. The largest absolute Gasteiger partial charge is 0.310 e. The van der Waals surface area contributed by atoms with Crippen LogP contribution in [0.2, 0.25) is 0 Å². The summed E-state index contributed by atoms with van der Waals surface area (Å²) in [5.41, 5.74) is 15.8. The third-order valence-corrected chi connectivity index (χ3v) is 11.1. The number of anilines is 6. The fraction of sp³-hybridized carbons (Fsp3) is 0. The highest BCUT2D eigenvalue weighted by Gasteiger charge is 2.17. The van der Waals surface area contributed by atoms with Gasteiger partial charge in [-0.25, -0.2) is 0 Å². The molecule has 0 N–H and O–H groups in total. The van der Waals surface area contributed by atoms with Gasteiger partial charge in [0.25, 0.3) is 0 Å². The molecule has 0 saturated heterocycles. The summed E-state index contributed by atoms with van der Waals surface area (Å²) in [5, 5.41) is 0. The van der Waals surface area contributed by atoms with E-state index in [1.54, 1.807) is 0 Å². The smallest absolute Gasteiger partial charge is 0.0482 e. The Bertz CT molecular complexity index is 2690. The molecule has 64 heavy (non-hydrogen) atoms. The Kier molecular flexibility index (Phi) is 13.0. The van der Waals surface area contributed by atoms with Crippen LogP contribution >= 0.6 is 0 Å². The van der Waals surface area contributed by atoms with Crippen molar-refractivity contribution in [3.63, 3.8) is 0 Å². The van der Waals surface area contributed by atoms with E-state index in [1.165, 1.54) is 33.4 Å². The van der Waals surface area contributed by atoms with Gasteiger partial charge in [0.2, 0.25) is 0 Å². The summed E-state index contributed by atoms with van der Waals surface area (Å²) in [6.07, 6.45) is 13.0. The lowest BCUT2D eigenvalue weighted by Gasteiger charge is -2.29. The van der Waals surface area contributed by atoms with Gasteiger partial charge < -0.3 is 9.80 Å². The quantitative estimate of drug-likeness (QED) is 0.101. The summed E-state index contributed by atoms with van der Waals surface area (Å²) >= 11 is 0. The lowest BCUT2D eigenvalue weighted by molar-refractivity contribution is 1.25. The zero-order chi connectivity index (χ0) is 43.2. The maximum absolute atomic E-state index is 2.32. The van der Waals surface area contributed by atoms with Gasteiger partial charge in [-0.2, -0.15) is 0 Å². The number of nitrogens with zero attached hydrogens (tertiary/aromatic N) is 2. The van der Waals surface area contributed by atoms with E-state index in [0.717, 1.165) is 45.3 Å². The topological polar surface area (TPSA) is 6.48 Å². The third kappa shape index (κ3) is 10.0. The Morgan fingerprint density at radius 1 is 0.250 bits per heavy atom. The molecule has 9 rings (SSSR count). The average molecular weight is 821 g/mol. The summed E-state index contributed by atoms with van der Waals surface area (Å²) in [5.74, 6) is 0. The van der Waals surface area contributed by atoms with Crippen LogP contribution in [0.25, 0.3) is 23.3 Å². The van der Waals surface area contributed by atoms with E-state index in [0.29, 0.717) is 0 Å². The van der Waals surface area contributed by atoms with Gasteiger partial charge in [-0.3, -0.25) is 0 Å². The molecule has 0 fully saturated rings. The highest BCUT2D eigenvalue weighted by atomic mass is 15.2. The number of para-hydroxylation sites is 2. The van der Waals surface area contributed by atoms with Gasteiger partial charge in [-0.15, -0.1) is 0 Å². The molecule has 306 valence electrons. The van der Waals surface area contributed by atoms with Crippen molar-refractivity contribution in [1.29, 1.82) is 0 Å². The summed E-state index contributed by atoms with van der Waals surface area (Å²) < 4.78 is 0. The van der Waals surface area contributed by atoms with Crippen molar-refractivity contribution in [3.05, 3.63) is 312 Å². The zero-order valence-corrected chi connectivity index (χ0v) is 35.6. The first-order valence-corrected chi connectivity index (χ1v) is 21.8. The monoisotopic (exact) mass is 820 g/mol. The van der Waals surface area contributed by atoms with E-state index in [1.807, 2.05) is 0 Å². The Morgan fingerprint density at radius 2 is 0.516 bits per heavy atom. The molecule has 0 unspecified atom stereocenters. The summed E-state index contributed by atoms with van der Waals surface area (Å²) in [7, 11) is 0. The third-order valence-electron chi connectivity index (χ3n) is 11.1. The maximum atomic E-state index is 2.32. The van der Waals surface area contributed by atoms with Crippen LogP contribution in [0, 0.1) is 0 Å². The molecule has 9 aromatic carbocycles. The molecule has 0 saturated carbocycles. The molecule has 0 atom stereocenters. The van der Waals surface area contributed by atoms with Crippen LogP contribution in [0.15, 0.2) is 279 Å². The van der Waals surface area contributed by atoms with Crippen molar-refractivity contribution >= 4 is 57.4 Å². The molecule has 0 spiro atoms.